The van der Waals surface area contributed by atoms with E-state index in [0.29, 0.717) is 5.82 Å². The summed E-state index contributed by atoms with van der Waals surface area (Å²) >= 11 is 3.39. The minimum atomic E-state index is -0.169. The normalized spacial score (nSPS) is 12.8. The van der Waals surface area contributed by atoms with Gasteiger partial charge in [-0.2, -0.15) is 4.80 Å². The van der Waals surface area contributed by atoms with E-state index < -0.39 is 0 Å². The van der Waals surface area contributed by atoms with Gasteiger partial charge in [-0.05, 0) is 72.0 Å². The van der Waals surface area contributed by atoms with Crippen LogP contribution in [0.5, 0.6) is 0 Å². The molecule has 1 amide bonds. The van der Waals surface area contributed by atoms with Gasteiger partial charge in [0.05, 0.1) is 0 Å². The van der Waals surface area contributed by atoms with Gasteiger partial charge in [0.1, 0.15) is 6.54 Å². The van der Waals surface area contributed by atoms with Crippen molar-refractivity contribution >= 4 is 27.5 Å². The highest BCUT2D eigenvalue weighted by Gasteiger charge is 2.13. The van der Waals surface area contributed by atoms with Crippen LogP contribution >= 0.6 is 15.9 Å². The van der Waals surface area contributed by atoms with Crippen molar-refractivity contribution in [2.45, 2.75) is 25.8 Å². The molecule has 2 aromatic carbocycles. The number of hydrogen-bond donors (Lipinski definition) is 1. The number of aryl methyl sites for hydroxylation is 2. The Kier molecular flexibility index (Phi) is 4.31. The number of fused-ring (bicyclic) bond motifs is 1. The molecule has 0 unspecified atom stereocenters. The molecule has 1 heterocycles. The molecule has 1 aliphatic carbocycles. The summed E-state index contributed by atoms with van der Waals surface area (Å²) < 4.78 is 0.984. The second kappa shape index (κ2) is 6.76. The zero-order valence-corrected chi connectivity index (χ0v) is 15.0. The van der Waals surface area contributed by atoms with Crippen LogP contribution in [-0.2, 0) is 24.2 Å². The number of benzene rings is 2. The number of rotatable bonds is 4. The lowest BCUT2D eigenvalue weighted by Gasteiger charge is -2.06. The third kappa shape index (κ3) is 3.61. The fourth-order valence-electron chi connectivity index (χ4n) is 3.00. The van der Waals surface area contributed by atoms with Crippen LogP contribution in [0.1, 0.15) is 17.5 Å². The number of aromatic nitrogens is 4. The zero-order chi connectivity index (χ0) is 17.2. The van der Waals surface area contributed by atoms with Gasteiger partial charge in [0.25, 0.3) is 0 Å². The summed E-state index contributed by atoms with van der Waals surface area (Å²) in [5.74, 6) is 0.329. The third-order valence-electron chi connectivity index (χ3n) is 4.22. The van der Waals surface area contributed by atoms with Gasteiger partial charge in [-0.25, -0.2) is 0 Å². The molecule has 0 saturated carbocycles. The lowest BCUT2D eigenvalue weighted by atomic mass is 10.1. The van der Waals surface area contributed by atoms with Crippen LogP contribution in [0.2, 0.25) is 0 Å². The first-order valence-corrected chi connectivity index (χ1v) is 8.92. The van der Waals surface area contributed by atoms with Gasteiger partial charge in [-0.3, -0.25) is 4.79 Å². The van der Waals surface area contributed by atoms with Crippen molar-refractivity contribution < 1.29 is 4.79 Å². The number of carbonyl (C=O) groups is 1. The zero-order valence-electron chi connectivity index (χ0n) is 13.4. The number of tetrazole rings is 1. The second-order valence-corrected chi connectivity index (χ2v) is 6.95. The van der Waals surface area contributed by atoms with E-state index in [-0.39, 0.29) is 12.5 Å². The summed E-state index contributed by atoms with van der Waals surface area (Å²) in [5, 5.41) is 15.1. The molecule has 25 heavy (non-hydrogen) atoms. The standard InChI is InChI=1S/C18H16BrN5O/c19-15-7-4-13(5-8-15)18-21-23-24(22-18)11-17(25)20-16-9-6-12-2-1-3-14(12)10-16/h4-10H,1-3,11H2,(H,20,25). The molecular formula is C18H16BrN5O. The summed E-state index contributed by atoms with van der Waals surface area (Å²) in [4.78, 5) is 13.5. The summed E-state index contributed by atoms with van der Waals surface area (Å²) in [5.41, 5.74) is 4.39. The molecule has 0 aliphatic heterocycles. The van der Waals surface area contributed by atoms with Crippen LogP contribution < -0.4 is 5.32 Å². The van der Waals surface area contributed by atoms with Crippen molar-refractivity contribution in [3.63, 3.8) is 0 Å². The fourth-order valence-corrected chi connectivity index (χ4v) is 3.27. The number of anilines is 1. The van der Waals surface area contributed by atoms with Crippen LogP contribution in [0.3, 0.4) is 0 Å². The van der Waals surface area contributed by atoms with Crippen LogP contribution in [0.25, 0.3) is 11.4 Å². The number of carbonyl (C=O) groups excluding carboxylic acids is 1. The van der Waals surface area contributed by atoms with E-state index in [1.807, 2.05) is 30.3 Å². The maximum atomic E-state index is 12.2. The molecule has 7 heteroatoms. The molecule has 6 nitrogen and oxygen atoms in total. The summed E-state index contributed by atoms with van der Waals surface area (Å²) in [7, 11) is 0. The fraction of sp³-hybridized carbons (Fsp3) is 0.222. The van der Waals surface area contributed by atoms with Gasteiger partial charge in [-0.15, -0.1) is 10.2 Å². The quantitative estimate of drug-likeness (QED) is 0.733. The predicted molar refractivity (Wildman–Crippen MR) is 98.0 cm³/mol. The monoisotopic (exact) mass is 397 g/mol. The Hall–Kier alpha value is -2.54. The Morgan fingerprint density at radius 3 is 2.76 bits per heavy atom. The largest absolute Gasteiger partial charge is 0.324 e. The van der Waals surface area contributed by atoms with E-state index in [1.165, 1.54) is 22.3 Å². The topological polar surface area (TPSA) is 72.7 Å². The average molecular weight is 398 g/mol. The number of nitrogens with one attached hydrogen (secondary N) is 1. The molecule has 0 atom stereocenters. The molecule has 0 radical (unpaired) electrons. The first kappa shape index (κ1) is 16.0. The van der Waals surface area contributed by atoms with E-state index >= 15 is 0 Å². The third-order valence-corrected chi connectivity index (χ3v) is 4.75. The van der Waals surface area contributed by atoms with Crippen LogP contribution in [-0.4, -0.2) is 26.1 Å². The first-order chi connectivity index (χ1) is 12.2. The lowest BCUT2D eigenvalue weighted by Crippen LogP contribution is -2.20. The van der Waals surface area contributed by atoms with Gasteiger partial charge in [0, 0.05) is 15.7 Å². The van der Waals surface area contributed by atoms with Crippen molar-refractivity contribution in [3.8, 4) is 11.4 Å². The molecule has 1 aliphatic rings. The van der Waals surface area contributed by atoms with Crippen molar-refractivity contribution in [2.75, 3.05) is 5.32 Å². The number of hydrogen-bond acceptors (Lipinski definition) is 4. The summed E-state index contributed by atoms with van der Waals surface area (Å²) in [6.45, 7) is 0.0284. The SMILES string of the molecule is O=C(Cn1nnc(-c2ccc(Br)cc2)n1)Nc1ccc2c(c1)CCC2. The van der Waals surface area contributed by atoms with Crippen LogP contribution in [0, 0.1) is 0 Å². The number of halogens is 1. The Bertz CT molecular complexity index is 919. The minimum Gasteiger partial charge on any atom is -0.324 e. The van der Waals surface area contributed by atoms with Gasteiger partial charge in [-0.1, -0.05) is 22.0 Å². The predicted octanol–water partition coefficient (Wildman–Crippen LogP) is 3.23. The highest BCUT2D eigenvalue weighted by Crippen LogP contribution is 2.24. The smallest absolute Gasteiger partial charge is 0.248 e. The molecule has 0 saturated heterocycles. The second-order valence-electron chi connectivity index (χ2n) is 6.04. The molecule has 126 valence electrons. The van der Waals surface area contributed by atoms with E-state index in [4.69, 9.17) is 0 Å². The molecule has 1 N–H and O–H groups in total. The highest BCUT2D eigenvalue weighted by molar-refractivity contribution is 9.10. The molecular weight excluding hydrogens is 382 g/mol. The van der Waals surface area contributed by atoms with Crippen LogP contribution in [0.4, 0.5) is 5.69 Å². The van der Waals surface area contributed by atoms with Crippen molar-refractivity contribution in [3.05, 3.63) is 58.1 Å². The maximum Gasteiger partial charge on any atom is 0.248 e. The van der Waals surface area contributed by atoms with Gasteiger partial charge < -0.3 is 5.32 Å². The van der Waals surface area contributed by atoms with E-state index in [2.05, 4.69) is 48.8 Å². The van der Waals surface area contributed by atoms with Crippen molar-refractivity contribution in [1.82, 2.24) is 20.2 Å². The Morgan fingerprint density at radius 2 is 1.92 bits per heavy atom. The lowest BCUT2D eigenvalue weighted by molar-refractivity contribution is -0.117. The van der Waals surface area contributed by atoms with Gasteiger partial charge in [0.2, 0.25) is 11.7 Å². The molecule has 4 rings (SSSR count). The number of amides is 1. The molecule has 0 spiro atoms. The number of nitrogens with zero attached hydrogens (tertiary/aromatic N) is 4. The van der Waals surface area contributed by atoms with Gasteiger partial charge >= 0.3 is 0 Å². The average Bonchev–Trinajstić information content (AvgIpc) is 3.24. The summed E-state index contributed by atoms with van der Waals surface area (Å²) in [6.07, 6.45) is 3.40. The van der Waals surface area contributed by atoms with E-state index in [9.17, 15) is 4.79 Å². The maximum absolute atomic E-state index is 12.2. The molecule has 1 aromatic heterocycles. The Labute approximate surface area is 153 Å². The van der Waals surface area contributed by atoms with E-state index in [0.717, 1.165) is 28.6 Å². The minimum absolute atomic E-state index is 0.0284. The first-order valence-electron chi connectivity index (χ1n) is 8.13. The van der Waals surface area contributed by atoms with E-state index in [1.54, 1.807) is 0 Å². The molecule has 0 fully saturated rings. The Morgan fingerprint density at radius 1 is 1.12 bits per heavy atom. The van der Waals surface area contributed by atoms with Crippen molar-refractivity contribution in [2.24, 2.45) is 0 Å². The highest BCUT2D eigenvalue weighted by atomic mass is 79.9. The van der Waals surface area contributed by atoms with Crippen molar-refractivity contribution in [1.29, 1.82) is 0 Å². The summed E-state index contributed by atoms with van der Waals surface area (Å²) in [6, 6.07) is 13.7. The molecule has 3 aromatic rings. The molecule has 0 bridgehead atoms. The van der Waals surface area contributed by atoms with Gasteiger partial charge in [0.15, 0.2) is 0 Å². The Balaban J connectivity index is 1.42. The van der Waals surface area contributed by atoms with Crippen LogP contribution in [0.15, 0.2) is 46.9 Å².